The molecule has 0 bridgehead atoms. The number of ether oxygens (including phenoxy) is 1. The molecule has 6 heteroatoms. The number of benzene rings is 1. The lowest BCUT2D eigenvalue weighted by Crippen LogP contribution is -2.07. The number of nitrogens with zero attached hydrogens (tertiary/aromatic N) is 1. The number of aliphatic hydroxyl groups excluding tert-OH is 1. The molecule has 2 aromatic rings. The van der Waals surface area contributed by atoms with Crippen molar-refractivity contribution in [3.05, 3.63) is 58.1 Å². The Morgan fingerprint density at radius 3 is 2.85 bits per heavy atom. The SMILES string of the molecule is C=CCOc1c(C(O)c2scnc2C)ccc(F)c1F. The van der Waals surface area contributed by atoms with Gasteiger partial charge in [-0.3, -0.25) is 0 Å². The molecule has 0 amide bonds. The van der Waals surface area contributed by atoms with Gasteiger partial charge >= 0.3 is 0 Å². The van der Waals surface area contributed by atoms with E-state index >= 15 is 0 Å². The zero-order chi connectivity index (χ0) is 14.7. The van der Waals surface area contributed by atoms with Crippen molar-refractivity contribution in [3.63, 3.8) is 0 Å². The summed E-state index contributed by atoms with van der Waals surface area (Å²) in [5.74, 6) is -2.45. The predicted octanol–water partition coefficient (Wildman–Crippen LogP) is 3.38. The van der Waals surface area contributed by atoms with Gasteiger partial charge in [-0.1, -0.05) is 12.7 Å². The minimum atomic E-state index is -1.12. The second-order valence-corrected chi connectivity index (χ2v) is 4.97. The summed E-state index contributed by atoms with van der Waals surface area (Å²) >= 11 is 1.24. The molecule has 1 heterocycles. The maximum absolute atomic E-state index is 13.8. The molecule has 0 saturated carbocycles. The molecule has 1 aromatic carbocycles. The molecule has 0 aliphatic heterocycles. The lowest BCUT2D eigenvalue weighted by molar-refractivity contribution is 0.212. The second-order valence-electron chi connectivity index (χ2n) is 4.08. The molecular formula is C14H13F2NO2S. The van der Waals surface area contributed by atoms with Gasteiger partial charge in [0.1, 0.15) is 12.7 Å². The monoisotopic (exact) mass is 297 g/mol. The van der Waals surface area contributed by atoms with Crippen LogP contribution in [0.4, 0.5) is 8.78 Å². The molecule has 1 unspecified atom stereocenters. The molecule has 0 aliphatic carbocycles. The number of hydrogen-bond donors (Lipinski definition) is 1. The van der Waals surface area contributed by atoms with Crippen molar-refractivity contribution in [3.8, 4) is 5.75 Å². The molecule has 2 rings (SSSR count). The van der Waals surface area contributed by atoms with Crippen LogP contribution in [0.15, 0.2) is 30.3 Å². The maximum Gasteiger partial charge on any atom is 0.201 e. The van der Waals surface area contributed by atoms with Crippen LogP contribution in [0.25, 0.3) is 0 Å². The summed E-state index contributed by atoms with van der Waals surface area (Å²) in [4.78, 5) is 4.60. The fraction of sp³-hybridized carbons (Fsp3) is 0.214. The highest BCUT2D eigenvalue weighted by molar-refractivity contribution is 7.09. The van der Waals surface area contributed by atoms with Gasteiger partial charge in [0.2, 0.25) is 5.82 Å². The highest BCUT2D eigenvalue weighted by atomic mass is 32.1. The number of thiazole rings is 1. The normalized spacial score (nSPS) is 12.2. The molecule has 0 saturated heterocycles. The van der Waals surface area contributed by atoms with Gasteiger partial charge in [0, 0.05) is 5.56 Å². The van der Waals surface area contributed by atoms with Crippen LogP contribution < -0.4 is 4.74 Å². The van der Waals surface area contributed by atoms with Gasteiger partial charge in [-0.05, 0) is 19.1 Å². The van der Waals surface area contributed by atoms with Crippen molar-refractivity contribution in [1.82, 2.24) is 4.98 Å². The van der Waals surface area contributed by atoms with Crippen LogP contribution >= 0.6 is 11.3 Å². The lowest BCUT2D eigenvalue weighted by atomic mass is 10.1. The largest absolute Gasteiger partial charge is 0.486 e. The molecule has 3 nitrogen and oxygen atoms in total. The van der Waals surface area contributed by atoms with Gasteiger partial charge in [0.05, 0.1) is 16.1 Å². The first-order valence-corrected chi connectivity index (χ1v) is 6.73. The van der Waals surface area contributed by atoms with Gasteiger partial charge in [0.25, 0.3) is 0 Å². The van der Waals surface area contributed by atoms with E-state index < -0.39 is 17.7 Å². The predicted molar refractivity (Wildman–Crippen MR) is 73.0 cm³/mol. The summed E-state index contributed by atoms with van der Waals surface area (Å²) in [5, 5.41) is 10.3. The van der Waals surface area contributed by atoms with E-state index in [4.69, 9.17) is 4.74 Å². The van der Waals surface area contributed by atoms with Crippen LogP contribution in [0.3, 0.4) is 0 Å². The van der Waals surface area contributed by atoms with E-state index in [0.29, 0.717) is 10.6 Å². The number of aromatic nitrogens is 1. The Morgan fingerprint density at radius 2 is 2.25 bits per heavy atom. The Hall–Kier alpha value is -1.79. The molecule has 1 aromatic heterocycles. The fourth-order valence-electron chi connectivity index (χ4n) is 1.77. The summed E-state index contributed by atoms with van der Waals surface area (Å²) < 4.78 is 32.3. The average molecular weight is 297 g/mol. The molecule has 0 fully saturated rings. The molecule has 106 valence electrons. The summed E-state index contributed by atoms with van der Waals surface area (Å²) in [5.41, 5.74) is 2.39. The van der Waals surface area contributed by atoms with Gasteiger partial charge in [-0.2, -0.15) is 4.39 Å². The third-order valence-corrected chi connectivity index (χ3v) is 3.73. The van der Waals surface area contributed by atoms with E-state index in [9.17, 15) is 13.9 Å². The summed E-state index contributed by atoms with van der Waals surface area (Å²) in [7, 11) is 0. The molecule has 0 aliphatic rings. The van der Waals surface area contributed by atoms with E-state index in [1.165, 1.54) is 23.5 Å². The molecule has 0 spiro atoms. The average Bonchev–Trinajstić information content (AvgIpc) is 2.86. The Labute approximate surface area is 119 Å². The minimum absolute atomic E-state index is 0.0156. The molecule has 1 atom stereocenters. The summed E-state index contributed by atoms with van der Waals surface area (Å²) in [6.45, 7) is 5.21. The van der Waals surface area contributed by atoms with Gasteiger partial charge in [-0.25, -0.2) is 9.37 Å². The van der Waals surface area contributed by atoms with Crippen molar-refractivity contribution >= 4 is 11.3 Å². The van der Waals surface area contributed by atoms with Gasteiger partial charge in [0.15, 0.2) is 11.6 Å². The molecule has 0 radical (unpaired) electrons. The summed E-state index contributed by atoms with van der Waals surface area (Å²) in [6, 6.07) is 2.27. The smallest absolute Gasteiger partial charge is 0.201 e. The maximum atomic E-state index is 13.8. The van der Waals surface area contributed by atoms with E-state index in [2.05, 4.69) is 11.6 Å². The minimum Gasteiger partial charge on any atom is -0.486 e. The first-order valence-electron chi connectivity index (χ1n) is 5.86. The Kier molecular flexibility index (Phi) is 4.46. The standard InChI is InChI=1S/C14H13F2NO2S/c1-3-6-19-13-9(4-5-10(15)11(13)16)12(18)14-8(2)17-7-20-14/h3-5,7,12,18H,1,6H2,2H3. The topological polar surface area (TPSA) is 42.4 Å². The van der Waals surface area contributed by atoms with Crippen molar-refractivity contribution in [2.75, 3.05) is 6.61 Å². The van der Waals surface area contributed by atoms with Crippen molar-refractivity contribution < 1.29 is 18.6 Å². The highest BCUT2D eigenvalue weighted by Crippen LogP contribution is 2.35. The van der Waals surface area contributed by atoms with Crippen LogP contribution in [0.2, 0.25) is 0 Å². The molecular weight excluding hydrogens is 284 g/mol. The van der Waals surface area contributed by atoms with Gasteiger partial charge < -0.3 is 9.84 Å². The third kappa shape index (κ3) is 2.71. The zero-order valence-corrected chi connectivity index (χ0v) is 11.6. The quantitative estimate of drug-likeness (QED) is 0.860. The Bertz CT molecular complexity index is 628. The zero-order valence-electron chi connectivity index (χ0n) is 10.8. The van der Waals surface area contributed by atoms with Crippen LogP contribution in [-0.2, 0) is 0 Å². The van der Waals surface area contributed by atoms with E-state index in [1.807, 2.05) is 0 Å². The fourth-order valence-corrected chi connectivity index (χ4v) is 2.57. The van der Waals surface area contributed by atoms with Gasteiger partial charge in [-0.15, -0.1) is 11.3 Å². The Morgan fingerprint density at radius 1 is 1.50 bits per heavy atom. The van der Waals surface area contributed by atoms with E-state index in [0.717, 1.165) is 6.07 Å². The number of halogens is 2. The first-order chi connectivity index (χ1) is 9.56. The number of hydrogen-bond acceptors (Lipinski definition) is 4. The van der Waals surface area contributed by atoms with E-state index in [-0.39, 0.29) is 17.9 Å². The van der Waals surface area contributed by atoms with Crippen LogP contribution in [0, 0.1) is 18.6 Å². The van der Waals surface area contributed by atoms with Crippen molar-refractivity contribution in [2.24, 2.45) is 0 Å². The second kappa shape index (κ2) is 6.11. The number of rotatable bonds is 5. The van der Waals surface area contributed by atoms with Crippen molar-refractivity contribution in [2.45, 2.75) is 13.0 Å². The lowest BCUT2D eigenvalue weighted by Gasteiger charge is -2.16. The Balaban J connectivity index is 2.47. The molecule has 1 N–H and O–H groups in total. The van der Waals surface area contributed by atoms with Crippen LogP contribution in [0.5, 0.6) is 5.75 Å². The van der Waals surface area contributed by atoms with Crippen LogP contribution in [0.1, 0.15) is 22.2 Å². The van der Waals surface area contributed by atoms with E-state index in [1.54, 1.807) is 12.4 Å². The summed E-state index contributed by atoms with van der Waals surface area (Å²) in [6.07, 6.45) is 0.302. The molecule has 20 heavy (non-hydrogen) atoms. The highest BCUT2D eigenvalue weighted by Gasteiger charge is 2.23. The van der Waals surface area contributed by atoms with Crippen molar-refractivity contribution in [1.29, 1.82) is 0 Å². The third-order valence-electron chi connectivity index (χ3n) is 2.75. The number of aryl methyl sites for hydroxylation is 1. The first kappa shape index (κ1) is 14.6. The number of aliphatic hydroxyl groups is 1. The van der Waals surface area contributed by atoms with Crippen LogP contribution in [-0.4, -0.2) is 16.7 Å².